The molecule has 7 heteroatoms. The van der Waals surface area contributed by atoms with Gasteiger partial charge in [-0.25, -0.2) is 29.9 Å². The summed E-state index contributed by atoms with van der Waals surface area (Å²) in [5.74, 6) is 3.66. The maximum Gasteiger partial charge on any atom is 0.167 e. The second kappa shape index (κ2) is 14.4. The number of furan rings is 1. The van der Waals surface area contributed by atoms with E-state index >= 15 is 0 Å². The molecule has 0 saturated heterocycles. The van der Waals surface area contributed by atoms with E-state index in [0.29, 0.717) is 34.9 Å². The van der Waals surface area contributed by atoms with E-state index in [9.17, 15) is 0 Å². The fourth-order valence-electron chi connectivity index (χ4n) is 12.6. The molecule has 3 heterocycles. The molecule has 326 valence electrons. The van der Waals surface area contributed by atoms with Crippen LogP contribution in [0.1, 0.15) is 45.0 Å². The van der Waals surface area contributed by atoms with Crippen LogP contribution in [0.5, 0.6) is 0 Å². The minimum absolute atomic E-state index is 0.540. The Morgan fingerprint density at radius 2 is 0.643 bits per heavy atom. The van der Waals surface area contributed by atoms with Crippen LogP contribution < -0.4 is 0 Å². The Hall–Kier alpha value is -9.20. The van der Waals surface area contributed by atoms with Crippen LogP contribution in [0.4, 0.5) is 0 Å². The first-order valence-corrected chi connectivity index (χ1v) is 23.7. The van der Waals surface area contributed by atoms with Crippen molar-refractivity contribution in [1.29, 1.82) is 0 Å². The minimum Gasteiger partial charge on any atom is -0.455 e. The average molecular weight is 895 g/mol. The first-order chi connectivity index (χ1) is 34.7. The summed E-state index contributed by atoms with van der Waals surface area (Å²) in [5, 5.41) is 2.05. The van der Waals surface area contributed by atoms with Gasteiger partial charge in [0.15, 0.2) is 23.3 Å². The van der Waals surface area contributed by atoms with E-state index in [4.69, 9.17) is 34.3 Å². The number of rotatable bonds is 7. The number of hydrogen-bond donors (Lipinski definition) is 0. The van der Waals surface area contributed by atoms with Gasteiger partial charge in [-0.15, -0.1) is 0 Å². The fourth-order valence-corrected chi connectivity index (χ4v) is 12.6. The van der Waals surface area contributed by atoms with Gasteiger partial charge in [-0.1, -0.05) is 218 Å². The minimum atomic E-state index is -0.922. The Bertz CT molecular complexity index is 4080. The number of aromatic nitrogens is 6. The van der Waals surface area contributed by atoms with Crippen molar-refractivity contribution in [3.8, 4) is 56.7 Å². The third kappa shape index (κ3) is 4.87. The zero-order chi connectivity index (χ0) is 46.0. The van der Waals surface area contributed by atoms with Crippen molar-refractivity contribution in [3.05, 3.63) is 276 Å². The third-order valence-electron chi connectivity index (χ3n) is 15.2. The molecule has 0 radical (unpaired) electrons. The van der Waals surface area contributed by atoms with E-state index in [-0.39, 0.29) is 0 Å². The Morgan fingerprint density at radius 1 is 0.271 bits per heavy atom. The predicted molar refractivity (Wildman–Crippen MR) is 274 cm³/mol. The normalized spacial score (nSPS) is 19.0. The number of hydrogen-bond acceptors (Lipinski definition) is 7. The number of para-hydroxylation sites is 2. The van der Waals surface area contributed by atoms with Gasteiger partial charge in [0.2, 0.25) is 0 Å². The second-order valence-electron chi connectivity index (χ2n) is 18.5. The summed E-state index contributed by atoms with van der Waals surface area (Å²) in [7, 11) is 0. The van der Waals surface area contributed by atoms with E-state index < -0.39 is 16.2 Å². The molecule has 3 atom stereocenters. The van der Waals surface area contributed by atoms with Gasteiger partial charge in [0.05, 0.1) is 21.8 Å². The zero-order valence-electron chi connectivity index (χ0n) is 37.5. The first kappa shape index (κ1) is 38.9. The van der Waals surface area contributed by atoms with Crippen LogP contribution in [0.25, 0.3) is 78.6 Å². The topological polar surface area (TPSA) is 90.5 Å². The SMILES string of the molecule is c1ccc(-c2ccc(-c3nc(-c4ccccc4)nc(C45c6ccccc6C6(c7nc(-c8ccccc8)nc(-c8cccc9c8oc8ccccc89)n7)c7ccccc7C46c4ccccc45)n3)cc2)cc1. The van der Waals surface area contributed by atoms with Crippen LogP contribution in [0.2, 0.25) is 0 Å². The predicted octanol–water partition coefficient (Wildman–Crippen LogP) is 13.6. The van der Waals surface area contributed by atoms with E-state index in [1.807, 2.05) is 60.7 Å². The number of nitrogens with zero attached hydrogens (tertiary/aromatic N) is 6. The summed E-state index contributed by atoms with van der Waals surface area (Å²) < 4.78 is 6.69. The lowest BCUT2D eigenvalue weighted by Gasteiger charge is -2.68. The van der Waals surface area contributed by atoms with Crippen molar-refractivity contribution < 1.29 is 4.42 Å². The molecule has 0 N–H and O–H groups in total. The lowest BCUT2D eigenvalue weighted by molar-refractivity contribution is 0.184. The third-order valence-corrected chi connectivity index (χ3v) is 15.2. The Morgan fingerprint density at radius 3 is 1.19 bits per heavy atom. The van der Waals surface area contributed by atoms with Gasteiger partial charge < -0.3 is 4.42 Å². The maximum absolute atomic E-state index is 6.69. The highest BCUT2D eigenvalue weighted by atomic mass is 16.3. The molecule has 70 heavy (non-hydrogen) atoms. The molecule has 15 rings (SSSR count). The highest BCUT2D eigenvalue weighted by molar-refractivity contribution is 6.09. The van der Waals surface area contributed by atoms with Gasteiger partial charge in [-0.2, -0.15) is 0 Å². The molecule has 0 fully saturated rings. The molecular weight excluding hydrogens is 857 g/mol. The number of benzene rings is 9. The lowest BCUT2D eigenvalue weighted by Crippen LogP contribution is -2.72. The summed E-state index contributed by atoms with van der Waals surface area (Å²) in [6.45, 7) is 0. The fraction of sp³-hybridized carbons (Fsp3) is 0.0476. The highest BCUT2D eigenvalue weighted by Crippen LogP contribution is 2.84. The molecule has 3 unspecified atom stereocenters. The van der Waals surface area contributed by atoms with Crippen LogP contribution in [0.3, 0.4) is 0 Å². The van der Waals surface area contributed by atoms with Crippen LogP contribution in [0.15, 0.2) is 235 Å². The van der Waals surface area contributed by atoms with Crippen molar-refractivity contribution in [2.45, 2.75) is 16.2 Å². The van der Waals surface area contributed by atoms with Crippen LogP contribution in [-0.2, 0) is 16.2 Å². The molecule has 0 aliphatic heterocycles. The molecule has 12 aromatic rings. The molecule has 3 aliphatic rings. The van der Waals surface area contributed by atoms with Crippen LogP contribution >= 0.6 is 0 Å². The maximum atomic E-state index is 6.69. The van der Waals surface area contributed by atoms with Crippen molar-refractivity contribution in [2.75, 3.05) is 0 Å². The zero-order valence-corrected chi connectivity index (χ0v) is 37.5. The second-order valence-corrected chi connectivity index (χ2v) is 18.5. The van der Waals surface area contributed by atoms with Crippen molar-refractivity contribution in [3.63, 3.8) is 0 Å². The Balaban J connectivity index is 1.04. The highest BCUT2D eigenvalue weighted by Gasteiger charge is 2.86. The van der Waals surface area contributed by atoms with Gasteiger partial charge in [0.25, 0.3) is 0 Å². The summed E-state index contributed by atoms with van der Waals surface area (Å²) >= 11 is 0. The molecular formula is C63H38N6O. The monoisotopic (exact) mass is 894 g/mol. The Kier molecular flexibility index (Phi) is 8.00. The molecule has 3 aromatic heterocycles. The smallest absolute Gasteiger partial charge is 0.167 e. The van der Waals surface area contributed by atoms with E-state index in [1.54, 1.807) is 0 Å². The van der Waals surface area contributed by atoms with Crippen molar-refractivity contribution in [1.82, 2.24) is 29.9 Å². The van der Waals surface area contributed by atoms with E-state index in [0.717, 1.165) is 77.6 Å². The molecule has 0 bridgehead atoms. The molecule has 3 aliphatic carbocycles. The van der Waals surface area contributed by atoms with Crippen molar-refractivity contribution >= 4 is 21.9 Å². The summed E-state index contributed by atoms with van der Waals surface area (Å²) in [6, 6.07) is 80.5. The van der Waals surface area contributed by atoms with Gasteiger partial charge in [0.1, 0.15) is 22.8 Å². The standard InChI is InChI=1S/C63H38N6O/c1-4-19-39(20-5-1)40-35-37-43(38-36-40)57-64-55(41-21-6-2-7-22-41)66-59(68-57)61-47-28-11-12-29-48(47)62(50-31-14-16-33-52(50)63(61,62)51-32-15-13-30-49(51)61)60-67-56(42-23-8-3-9-24-42)65-58(69-60)46-27-18-26-45-44-25-10-17-34-53(44)70-54(45)46/h1-38H. The van der Waals surface area contributed by atoms with E-state index in [1.165, 1.54) is 11.1 Å². The van der Waals surface area contributed by atoms with Gasteiger partial charge >= 0.3 is 0 Å². The Labute approximate surface area is 402 Å². The van der Waals surface area contributed by atoms with E-state index in [2.05, 4.69) is 170 Å². The van der Waals surface area contributed by atoms with Gasteiger partial charge in [-0.3, -0.25) is 0 Å². The first-order valence-electron chi connectivity index (χ1n) is 23.7. The lowest BCUT2D eigenvalue weighted by atomic mass is 9.31. The van der Waals surface area contributed by atoms with Crippen LogP contribution in [-0.4, -0.2) is 29.9 Å². The van der Waals surface area contributed by atoms with Gasteiger partial charge in [0, 0.05) is 27.5 Å². The quantitative estimate of drug-likeness (QED) is 0.157. The van der Waals surface area contributed by atoms with Crippen molar-refractivity contribution in [2.24, 2.45) is 0 Å². The summed E-state index contributed by atoms with van der Waals surface area (Å²) in [6.07, 6.45) is 0. The largest absolute Gasteiger partial charge is 0.455 e. The average Bonchev–Trinajstić information content (AvgIpc) is 4.02. The molecule has 7 nitrogen and oxygen atoms in total. The molecule has 0 saturated carbocycles. The summed E-state index contributed by atoms with van der Waals surface area (Å²) in [5.41, 5.74) is 11.6. The molecule has 9 aromatic carbocycles. The summed E-state index contributed by atoms with van der Waals surface area (Å²) in [4.78, 5) is 33.4. The number of fused-ring (bicyclic) bond motifs is 10. The van der Waals surface area contributed by atoms with Gasteiger partial charge in [-0.05, 0) is 56.6 Å². The molecule has 1 spiro atoms. The van der Waals surface area contributed by atoms with Crippen LogP contribution in [0, 0.1) is 0 Å². The molecule has 0 amide bonds.